The lowest BCUT2D eigenvalue weighted by molar-refractivity contribution is 0.930. The Morgan fingerprint density at radius 1 is 0.615 bits per heavy atom. The van der Waals surface area contributed by atoms with Crippen LogP contribution in [0.25, 0.3) is 50.5 Å². The van der Waals surface area contributed by atoms with Crippen LogP contribution in [0.3, 0.4) is 0 Å². The highest BCUT2D eigenvalue weighted by atomic mass is 15.0. The van der Waals surface area contributed by atoms with Crippen molar-refractivity contribution in [1.82, 2.24) is 4.57 Å². The molecule has 0 atom stereocenters. The average molecular weight is 500 g/mol. The van der Waals surface area contributed by atoms with Gasteiger partial charge in [0.15, 0.2) is 0 Å². The smallest absolute Gasteiger partial charge is 0.0534 e. The topological polar surface area (TPSA) is 4.93 Å². The Hall–Kier alpha value is -4.36. The fraction of sp³-hybridized carbons (Fsp3) is 0.158. The summed E-state index contributed by atoms with van der Waals surface area (Å²) in [5.41, 5.74) is 20.3. The Labute approximate surface area is 229 Å². The van der Waals surface area contributed by atoms with E-state index in [2.05, 4.69) is 108 Å². The molecule has 1 nitrogen and oxygen atoms in total. The summed E-state index contributed by atoms with van der Waals surface area (Å²) < 4.78 is 2.56. The highest BCUT2D eigenvalue weighted by Crippen LogP contribution is 2.46. The monoisotopic (exact) mass is 499 g/mol. The molecule has 0 amide bonds. The molecule has 0 unspecified atom stereocenters. The Bertz CT molecular complexity index is 1950. The standard InChI is InChI=1S/C38H29N/c1-2-9-29-24(8-1)23-36-30(12-7-13-33(29)36)25-16-18-31-26(20-25)21-27-22-28(17-19-32(27)31)39-37-14-5-3-10-34(37)35-11-4-6-15-38(35)39/h1-3,5-10,12-16,18,20,22H,4,11,17,19,21,23H2. The molecular weight excluding hydrogens is 470 g/mol. The third kappa shape index (κ3) is 3.08. The molecule has 0 N–H and O–H groups in total. The fourth-order valence-corrected chi connectivity index (χ4v) is 7.75. The summed E-state index contributed by atoms with van der Waals surface area (Å²) >= 11 is 0. The predicted octanol–water partition coefficient (Wildman–Crippen LogP) is 9.48. The first-order valence-corrected chi connectivity index (χ1v) is 14.4. The second kappa shape index (κ2) is 8.07. The average Bonchev–Trinajstić information content (AvgIpc) is 3.65. The van der Waals surface area contributed by atoms with Crippen LogP contribution in [-0.2, 0) is 19.3 Å². The summed E-state index contributed by atoms with van der Waals surface area (Å²) in [6, 6.07) is 32.0. The van der Waals surface area contributed by atoms with E-state index in [1.165, 1.54) is 77.9 Å². The minimum atomic E-state index is 1.03. The van der Waals surface area contributed by atoms with Crippen molar-refractivity contribution in [2.45, 2.75) is 38.5 Å². The van der Waals surface area contributed by atoms with Gasteiger partial charge in [0, 0.05) is 16.8 Å². The van der Waals surface area contributed by atoms with Crippen molar-refractivity contribution in [3.05, 3.63) is 136 Å². The molecule has 39 heavy (non-hydrogen) atoms. The van der Waals surface area contributed by atoms with E-state index in [0.29, 0.717) is 0 Å². The van der Waals surface area contributed by atoms with Crippen LogP contribution in [-0.4, -0.2) is 4.57 Å². The van der Waals surface area contributed by atoms with E-state index >= 15 is 0 Å². The molecule has 0 spiro atoms. The molecule has 5 aromatic rings. The second-order valence-corrected chi connectivity index (χ2v) is 11.5. The summed E-state index contributed by atoms with van der Waals surface area (Å²) in [6.45, 7) is 0. The zero-order chi connectivity index (χ0) is 25.5. The van der Waals surface area contributed by atoms with E-state index in [4.69, 9.17) is 0 Å². The van der Waals surface area contributed by atoms with Crippen LogP contribution in [0, 0.1) is 0 Å². The zero-order valence-electron chi connectivity index (χ0n) is 22.0. The lowest BCUT2D eigenvalue weighted by atomic mass is 9.92. The fourth-order valence-electron chi connectivity index (χ4n) is 7.75. The first-order valence-electron chi connectivity index (χ1n) is 14.4. The van der Waals surface area contributed by atoms with Crippen LogP contribution < -0.4 is 0 Å². The van der Waals surface area contributed by atoms with Crippen LogP contribution in [0.4, 0.5) is 0 Å². The van der Waals surface area contributed by atoms with Crippen molar-refractivity contribution in [3.8, 4) is 22.3 Å². The Kier molecular flexibility index (Phi) is 4.46. The van der Waals surface area contributed by atoms with Gasteiger partial charge in [-0.2, -0.15) is 0 Å². The van der Waals surface area contributed by atoms with Crippen molar-refractivity contribution in [2.75, 3.05) is 0 Å². The number of aromatic nitrogens is 1. The number of nitrogens with zero attached hydrogens (tertiary/aromatic N) is 1. The molecule has 9 rings (SSSR count). The van der Waals surface area contributed by atoms with Gasteiger partial charge in [-0.3, -0.25) is 0 Å². The molecule has 0 radical (unpaired) electrons. The number of rotatable bonds is 2. The maximum Gasteiger partial charge on any atom is 0.0534 e. The van der Waals surface area contributed by atoms with Crippen molar-refractivity contribution in [1.29, 1.82) is 0 Å². The van der Waals surface area contributed by atoms with Crippen molar-refractivity contribution in [3.63, 3.8) is 0 Å². The van der Waals surface area contributed by atoms with E-state index in [0.717, 1.165) is 38.5 Å². The number of aryl methyl sites for hydroxylation is 1. The van der Waals surface area contributed by atoms with Gasteiger partial charge in [-0.05, 0) is 118 Å². The van der Waals surface area contributed by atoms with E-state index < -0.39 is 0 Å². The van der Waals surface area contributed by atoms with Gasteiger partial charge < -0.3 is 4.57 Å². The Morgan fingerprint density at radius 3 is 2.49 bits per heavy atom. The van der Waals surface area contributed by atoms with Crippen LogP contribution in [0.1, 0.15) is 52.8 Å². The third-order valence-electron chi connectivity index (χ3n) is 9.48. The molecule has 1 aromatic heterocycles. The van der Waals surface area contributed by atoms with Crippen molar-refractivity contribution >= 4 is 28.2 Å². The summed E-state index contributed by atoms with van der Waals surface area (Å²) in [5, 5.41) is 1.43. The molecule has 4 aromatic carbocycles. The number of hydrogen-bond donors (Lipinski definition) is 0. The number of fused-ring (bicyclic) bond motifs is 8. The minimum absolute atomic E-state index is 1.03. The highest BCUT2D eigenvalue weighted by Gasteiger charge is 2.28. The number of allylic oxidation sites excluding steroid dienone is 5. The van der Waals surface area contributed by atoms with Gasteiger partial charge in [0.25, 0.3) is 0 Å². The van der Waals surface area contributed by atoms with Gasteiger partial charge in [-0.15, -0.1) is 0 Å². The second-order valence-electron chi connectivity index (χ2n) is 11.5. The van der Waals surface area contributed by atoms with Crippen LogP contribution >= 0.6 is 0 Å². The Morgan fingerprint density at radius 2 is 1.49 bits per heavy atom. The molecule has 0 saturated carbocycles. The molecule has 0 aliphatic heterocycles. The SMILES string of the molecule is C1=Cc2c(c3ccccc3n2C2=CC3=C(CC2)c2ccc(-c4cccc5c4Cc4ccccc4-5)cc2C3)CC1. The molecule has 4 aliphatic carbocycles. The van der Waals surface area contributed by atoms with Crippen molar-refractivity contribution < 1.29 is 0 Å². The summed E-state index contributed by atoms with van der Waals surface area (Å²) in [4.78, 5) is 0. The van der Waals surface area contributed by atoms with Crippen LogP contribution in [0.15, 0.2) is 103 Å². The number of benzene rings is 4. The quantitative estimate of drug-likeness (QED) is 0.224. The normalized spacial score (nSPS) is 16.6. The third-order valence-corrected chi connectivity index (χ3v) is 9.48. The van der Waals surface area contributed by atoms with Gasteiger partial charge in [-0.1, -0.05) is 84.9 Å². The van der Waals surface area contributed by atoms with Crippen LogP contribution in [0.5, 0.6) is 0 Å². The minimum Gasteiger partial charge on any atom is -0.313 e. The van der Waals surface area contributed by atoms with E-state index in [1.807, 2.05) is 0 Å². The maximum atomic E-state index is 2.56. The maximum absolute atomic E-state index is 2.56. The van der Waals surface area contributed by atoms with Crippen LogP contribution in [0.2, 0.25) is 0 Å². The van der Waals surface area contributed by atoms with Crippen molar-refractivity contribution in [2.24, 2.45) is 0 Å². The first kappa shape index (κ1) is 21.6. The lowest BCUT2D eigenvalue weighted by Gasteiger charge is -2.20. The first-order chi connectivity index (χ1) is 19.3. The number of hydrogen-bond acceptors (Lipinski definition) is 0. The molecule has 1 heterocycles. The molecule has 0 fully saturated rings. The lowest BCUT2D eigenvalue weighted by Crippen LogP contribution is -2.06. The summed E-state index contributed by atoms with van der Waals surface area (Å²) in [5.74, 6) is 0. The molecule has 186 valence electrons. The predicted molar refractivity (Wildman–Crippen MR) is 164 cm³/mol. The van der Waals surface area contributed by atoms with Gasteiger partial charge in [-0.25, -0.2) is 0 Å². The van der Waals surface area contributed by atoms with Gasteiger partial charge in [0.1, 0.15) is 0 Å². The molecule has 4 aliphatic rings. The summed E-state index contributed by atoms with van der Waals surface area (Å²) in [6.07, 6.45) is 13.8. The molecular formula is C38H29N. The largest absolute Gasteiger partial charge is 0.313 e. The van der Waals surface area contributed by atoms with E-state index in [9.17, 15) is 0 Å². The summed E-state index contributed by atoms with van der Waals surface area (Å²) in [7, 11) is 0. The van der Waals surface area contributed by atoms with Gasteiger partial charge in [0.2, 0.25) is 0 Å². The van der Waals surface area contributed by atoms with E-state index in [-0.39, 0.29) is 0 Å². The Balaban J connectivity index is 1.10. The molecule has 0 saturated heterocycles. The van der Waals surface area contributed by atoms with Gasteiger partial charge >= 0.3 is 0 Å². The van der Waals surface area contributed by atoms with E-state index in [1.54, 1.807) is 5.57 Å². The highest BCUT2D eigenvalue weighted by molar-refractivity contribution is 5.94. The zero-order valence-corrected chi connectivity index (χ0v) is 22.0. The van der Waals surface area contributed by atoms with Gasteiger partial charge in [0.05, 0.1) is 5.52 Å². The number of para-hydroxylation sites is 1. The molecule has 0 bridgehead atoms. The molecule has 1 heteroatoms.